The van der Waals surface area contributed by atoms with Crippen LogP contribution >= 0.6 is 34.5 Å². The quantitative estimate of drug-likeness (QED) is 0.238. The van der Waals surface area contributed by atoms with E-state index in [4.69, 9.17) is 23.2 Å². The van der Waals surface area contributed by atoms with Crippen LogP contribution in [0.3, 0.4) is 0 Å². The number of halogens is 2. The molecule has 5 rings (SSSR count). The minimum atomic E-state index is -0.393. The maximum atomic E-state index is 13.5. The number of carbonyl (C=O) groups excluding carboxylic acids is 1. The van der Waals surface area contributed by atoms with Crippen molar-refractivity contribution in [2.24, 2.45) is 0 Å². The highest BCUT2D eigenvalue weighted by atomic mass is 35.5. The summed E-state index contributed by atoms with van der Waals surface area (Å²) < 4.78 is 3.36. The third kappa shape index (κ3) is 6.10. The Bertz CT molecular complexity index is 1680. The van der Waals surface area contributed by atoms with Gasteiger partial charge in [-0.3, -0.25) is 24.1 Å². The Labute approximate surface area is 237 Å². The van der Waals surface area contributed by atoms with E-state index in [9.17, 15) is 14.7 Å². The molecular weight excluding hydrogens is 559 g/mol. The SMILES string of the molecule is O=C(c1cccc(CO)c1)n1nc(-c2ccc(=O)n(CCc3cnccn3)c2Cl)cc1NCc1ccc(Cl)s1. The van der Waals surface area contributed by atoms with Crippen molar-refractivity contribution in [1.82, 2.24) is 24.3 Å². The van der Waals surface area contributed by atoms with E-state index in [1.807, 2.05) is 12.1 Å². The van der Waals surface area contributed by atoms with Crippen LogP contribution in [-0.2, 0) is 26.1 Å². The topological polar surface area (TPSA) is 115 Å². The molecule has 0 saturated carbocycles. The number of hydrogen-bond donors (Lipinski definition) is 2. The van der Waals surface area contributed by atoms with E-state index >= 15 is 0 Å². The number of nitrogens with zero attached hydrogens (tertiary/aromatic N) is 5. The fraction of sp³-hybridized carbons (Fsp3) is 0.148. The van der Waals surface area contributed by atoms with Crippen molar-refractivity contribution in [3.05, 3.63) is 115 Å². The molecule has 0 spiro atoms. The Balaban J connectivity index is 1.51. The molecule has 0 fully saturated rings. The molecule has 0 saturated heterocycles. The summed E-state index contributed by atoms with van der Waals surface area (Å²) in [6, 6.07) is 15.1. The molecule has 0 unspecified atom stereocenters. The second-order valence-electron chi connectivity index (χ2n) is 8.52. The van der Waals surface area contributed by atoms with Crippen LogP contribution in [0.15, 0.2) is 78.0 Å². The summed E-state index contributed by atoms with van der Waals surface area (Å²) in [5, 5.41) is 17.6. The third-order valence-corrected chi connectivity index (χ3v) is 7.57. The third-order valence-electron chi connectivity index (χ3n) is 5.93. The number of anilines is 1. The van der Waals surface area contributed by atoms with E-state index in [1.165, 1.54) is 26.7 Å². The summed E-state index contributed by atoms with van der Waals surface area (Å²) in [4.78, 5) is 35.5. The first kappa shape index (κ1) is 26.8. The predicted octanol–water partition coefficient (Wildman–Crippen LogP) is 4.91. The average Bonchev–Trinajstić information content (AvgIpc) is 3.58. The van der Waals surface area contributed by atoms with Gasteiger partial charge in [-0.2, -0.15) is 9.78 Å². The maximum absolute atomic E-state index is 13.5. The molecule has 39 heavy (non-hydrogen) atoms. The molecule has 5 aromatic rings. The first-order chi connectivity index (χ1) is 18.9. The Hall–Kier alpha value is -3.83. The molecule has 0 bridgehead atoms. The number of aliphatic hydroxyl groups excluding tert-OH is 1. The van der Waals surface area contributed by atoms with E-state index in [0.717, 1.165) is 10.6 Å². The number of nitrogens with one attached hydrogen (secondary N) is 1. The fourth-order valence-electron chi connectivity index (χ4n) is 3.98. The Morgan fingerprint density at radius 2 is 1.95 bits per heavy atom. The van der Waals surface area contributed by atoms with Gasteiger partial charge in [0.1, 0.15) is 11.0 Å². The van der Waals surface area contributed by atoms with Gasteiger partial charge in [-0.1, -0.05) is 35.3 Å². The lowest BCUT2D eigenvalue weighted by atomic mass is 10.1. The monoisotopic (exact) mass is 580 g/mol. The van der Waals surface area contributed by atoms with Gasteiger partial charge >= 0.3 is 0 Å². The standard InChI is InChI=1S/C27H22Cl2N6O3S/c28-23-6-4-20(39-23)15-32-24-13-22(33-35(24)27(38)18-3-1-2-17(12-18)16-36)21-5-7-25(37)34(26(21)29)11-8-19-14-30-9-10-31-19/h1-7,9-10,12-14,32,36H,8,11,15-16H2. The average molecular weight is 581 g/mol. The van der Waals surface area contributed by atoms with Gasteiger partial charge < -0.3 is 10.4 Å². The Kier molecular flexibility index (Phi) is 8.18. The molecule has 0 amide bonds. The minimum absolute atomic E-state index is 0.193. The fourth-order valence-corrected chi connectivity index (χ4v) is 5.34. The minimum Gasteiger partial charge on any atom is -0.392 e. The van der Waals surface area contributed by atoms with Gasteiger partial charge in [-0.25, -0.2) is 0 Å². The number of pyridine rings is 1. The van der Waals surface area contributed by atoms with Crippen molar-refractivity contribution in [3.63, 3.8) is 0 Å². The van der Waals surface area contributed by atoms with Crippen molar-refractivity contribution >= 4 is 46.3 Å². The number of aryl methyl sites for hydroxylation is 1. The van der Waals surface area contributed by atoms with Crippen LogP contribution in [0.1, 0.15) is 26.5 Å². The molecular formula is C27H22Cl2N6O3S. The van der Waals surface area contributed by atoms with E-state index in [0.29, 0.717) is 52.0 Å². The number of carbonyl (C=O) groups is 1. The van der Waals surface area contributed by atoms with Gasteiger partial charge in [0.15, 0.2) is 0 Å². The molecule has 2 N–H and O–H groups in total. The Morgan fingerprint density at radius 1 is 1.08 bits per heavy atom. The van der Waals surface area contributed by atoms with Gasteiger partial charge in [0.05, 0.1) is 28.9 Å². The second kappa shape index (κ2) is 11.9. The van der Waals surface area contributed by atoms with Crippen LogP contribution in [0.25, 0.3) is 11.3 Å². The maximum Gasteiger partial charge on any atom is 0.280 e. The summed E-state index contributed by atoms with van der Waals surface area (Å²) in [5.41, 5.74) is 2.33. The second-order valence-corrected chi connectivity index (χ2v) is 10.7. The van der Waals surface area contributed by atoms with Gasteiger partial charge in [-0.05, 0) is 35.9 Å². The van der Waals surface area contributed by atoms with E-state index < -0.39 is 5.91 Å². The van der Waals surface area contributed by atoms with Crippen LogP contribution in [0.2, 0.25) is 9.49 Å². The van der Waals surface area contributed by atoms with Crippen molar-refractivity contribution in [3.8, 4) is 11.3 Å². The lowest BCUT2D eigenvalue weighted by Crippen LogP contribution is -2.21. The van der Waals surface area contributed by atoms with Crippen molar-refractivity contribution in [1.29, 1.82) is 0 Å². The van der Waals surface area contributed by atoms with Crippen molar-refractivity contribution < 1.29 is 9.90 Å². The number of aliphatic hydroxyl groups is 1. The molecule has 12 heteroatoms. The first-order valence-corrected chi connectivity index (χ1v) is 13.5. The first-order valence-electron chi connectivity index (χ1n) is 11.9. The van der Waals surface area contributed by atoms with Gasteiger partial charge in [0.2, 0.25) is 0 Å². The van der Waals surface area contributed by atoms with E-state index in [-0.39, 0.29) is 17.3 Å². The van der Waals surface area contributed by atoms with Crippen molar-refractivity contribution in [2.75, 3.05) is 5.32 Å². The zero-order chi connectivity index (χ0) is 27.4. The van der Waals surface area contributed by atoms with E-state index in [2.05, 4.69) is 20.4 Å². The van der Waals surface area contributed by atoms with Crippen molar-refractivity contribution in [2.45, 2.75) is 26.1 Å². The van der Waals surface area contributed by atoms with Gasteiger partial charge in [0, 0.05) is 59.7 Å². The summed E-state index contributed by atoms with van der Waals surface area (Å²) in [6.45, 7) is 0.515. The number of thiophene rings is 1. The number of rotatable bonds is 9. The largest absolute Gasteiger partial charge is 0.392 e. The van der Waals surface area contributed by atoms with Crippen LogP contribution in [0, 0.1) is 0 Å². The summed E-state index contributed by atoms with van der Waals surface area (Å²) in [5.74, 6) is 0.0395. The molecule has 4 aromatic heterocycles. The number of aromatic nitrogens is 5. The number of benzene rings is 1. The molecule has 198 valence electrons. The van der Waals surface area contributed by atoms with Gasteiger partial charge in [-0.15, -0.1) is 11.3 Å². The number of hydrogen-bond acceptors (Lipinski definition) is 8. The Morgan fingerprint density at radius 3 is 2.69 bits per heavy atom. The zero-order valence-corrected chi connectivity index (χ0v) is 22.7. The molecule has 0 aliphatic rings. The highest BCUT2D eigenvalue weighted by molar-refractivity contribution is 7.16. The highest BCUT2D eigenvalue weighted by Gasteiger charge is 2.20. The summed E-state index contributed by atoms with van der Waals surface area (Å²) in [7, 11) is 0. The highest BCUT2D eigenvalue weighted by Crippen LogP contribution is 2.29. The lowest BCUT2D eigenvalue weighted by Gasteiger charge is -2.11. The molecule has 0 atom stereocenters. The van der Waals surface area contributed by atoms with E-state index in [1.54, 1.807) is 55.0 Å². The molecule has 0 radical (unpaired) electrons. The molecule has 0 aliphatic carbocycles. The smallest absolute Gasteiger partial charge is 0.280 e. The summed E-state index contributed by atoms with van der Waals surface area (Å²) >= 11 is 14.2. The molecule has 1 aromatic carbocycles. The zero-order valence-electron chi connectivity index (χ0n) is 20.4. The molecule has 4 heterocycles. The summed E-state index contributed by atoms with van der Waals surface area (Å²) in [6.07, 6.45) is 5.27. The van der Waals surface area contributed by atoms with Crippen LogP contribution in [-0.4, -0.2) is 35.3 Å². The lowest BCUT2D eigenvalue weighted by molar-refractivity contribution is 0.0947. The van der Waals surface area contributed by atoms with Crippen LogP contribution in [0.5, 0.6) is 0 Å². The molecule has 0 aliphatic heterocycles. The van der Waals surface area contributed by atoms with Gasteiger partial charge in [0.25, 0.3) is 11.5 Å². The normalized spacial score (nSPS) is 11.1. The predicted molar refractivity (Wildman–Crippen MR) is 151 cm³/mol. The van der Waals surface area contributed by atoms with Crippen LogP contribution < -0.4 is 10.9 Å². The molecule has 9 nitrogen and oxygen atoms in total. The van der Waals surface area contributed by atoms with Crippen LogP contribution in [0.4, 0.5) is 5.82 Å².